The van der Waals surface area contributed by atoms with Gasteiger partial charge in [0.2, 0.25) is 0 Å². The third kappa shape index (κ3) is 8.32. The number of carbonyl (C=O) groups is 1. The van der Waals surface area contributed by atoms with Crippen LogP contribution in [0.25, 0.3) is 0 Å². The van der Waals surface area contributed by atoms with E-state index in [4.69, 9.17) is 23.7 Å². The van der Waals surface area contributed by atoms with Crippen LogP contribution in [0.5, 0.6) is 0 Å². The molecule has 18 nitrogen and oxygen atoms in total. The smallest absolute Gasteiger partial charge is 0.187 e. The zero-order chi connectivity index (χ0) is 47.8. The van der Waals surface area contributed by atoms with Gasteiger partial charge >= 0.3 is 0 Å². The van der Waals surface area contributed by atoms with Crippen molar-refractivity contribution in [1.29, 1.82) is 0 Å². The molecule has 7 rings (SSSR count). The maximum Gasteiger partial charge on any atom is 0.187 e. The maximum atomic E-state index is 14.0. The number of fused-ring (bicyclic) bond motifs is 5. The lowest BCUT2D eigenvalue weighted by Gasteiger charge is -2.69. The summed E-state index contributed by atoms with van der Waals surface area (Å²) >= 11 is 0. The van der Waals surface area contributed by atoms with Crippen LogP contribution in [0.1, 0.15) is 106 Å². The molecular weight excluding hydrogens is 852 g/mol. The summed E-state index contributed by atoms with van der Waals surface area (Å²) in [6.45, 7) is 10.6. The summed E-state index contributed by atoms with van der Waals surface area (Å²) < 4.78 is 30.4. The Morgan fingerprint density at radius 2 is 1.20 bits per heavy atom. The Labute approximate surface area is 381 Å². The molecule has 7 aliphatic rings. The summed E-state index contributed by atoms with van der Waals surface area (Å²) in [6, 6.07) is 0. The molecule has 24 atom stereocenters. The van der Waals surface area contributed by atoms with E-state index in [9.17, 15) is 66.1 Å². The fourth-order valence-electron chi connectivity index (χ4n) is 14.8. The Balaban J connectivity index is 1.15. The molecular formula is C47H78O18. The van der Waals surface area contributed by atoms with Gasteiger partial charge in [-0.2, -0.15) is 0 Å². The molecule has 0 spiro atoms. The quantitative estimate of drug-likeness (QED) is 0.0610. The van der Waals surface area contributed by atoms with Crippen molar-refractivity contribution in [2.75, 3.05) is 19.8 Å². The first-order valence-corrected chi connectivity index (χ1v) is 23.9. The first-order chi connectivity index (χ1) is 30.5. The number of hydrogen-bond donors (Lipinski definition) is 12. The number of ether oxygens (including phenoxy) is 5. The number of rotatable bonds is 13. The van der Waals surface area contributed by atoms with Crippen molar-refractivity contribution in [3.05, 3.63) is 11.6 Å². The average Bonchev–Trinajstić information content (AvgIpc) is 3.64. The van der Waals surface area contributed by atoms with E-state index in [2.05, 4.69) is 13.8 Å². The highest BCUT2D eigenvalue weighted by molar-refractivity contribution is 5.62. The lowest BCUT2D eigenvalue weighted by molar-refractivity contribution is -0.378. The van der Waals surface area contributed by atoms with Crippen LogP contribution < -0.4 is 0 Å². The second-order valence-electron chi connectivity index (χ2n) is 22.1. The van der Waals surface area contributed by atoms with Crippen molar-refractivity contribution < 1.29 is 89.8 Å². The van der Waals surface area contributed by atoms with Crippen molar-refractivity contribution in [1.82, 2.24) is 0 Å². The summed E-state index contributed by atoms with van der Waals surface area (Å²) in [5, 5.41) is 130. The van der Waals surface area contributed by atoms with Gasteiger partial charge in [0, 0.05) is 5.41 Å². The van der Waals surface area contributed by atoms with E-state index in [1.165, 1.54) is 0 Å². The van der Waals surface area contributed by atoms with Gasteiger partial charge in [-0.1, -0.05) is 39.3 Å². The van der Waals surface area contributed by atoms with Gasteiger partial charge < -0.3 is 89.8 Å². The standard InChI is InChI=1S/C47H78O18/c1-22(2)8-7-14-47(60,40-37(58)34(55)31(52)25(18-48)61-40)24-11-15-44(5)23(24)9-10-29-45(44,6)16-12-28-43(3,4)30(13-17-46(28,29)21-51)64-42-39(36(57)33(54)27(20-50)63-42)65-41-38(59)35(56)32(53)26(19-49)62-41/h8,21,23-42,48-50,52-60H,7,9-20H2,1-6H3. The Bertz CT molecular complexity index is 1680. The van der Waals surface area contributed by atoms with Gasteiger partial charge in [-0.3, -0.25) is 0 Å². The molecule has 4 aliphatic carbocycles. The van der Waals surface area contributed by atoms with Gasteiger partial charge in [0.15, 0.2) is 12.6 Å². The molecule has 4 saturated carbocycles. The van der Waals surface area contributed by atoms with E-state index in [-0.39, 0.29) is 40.9 Å². The van der Waals surface area contributed by atoms with Crippen molar-refractivity contribution in [3.63, 3.8) is 0 Å². The fraction of sp³-hybridized carbons (Fsp3) is 0.936. The van der Waals surface area contributed by atoms with Gasteiger partial charge in [-0.15, -0.1) is 0 Å². The van der Waals surface area contributed by atoms with Gasteiger partial charge in [-0.05, 0) is 118 Å². The van der Waals surface area contributed by atoms with Crippen LogP contribution in [-0.2, 0) is 28.5 Å². The number of aliphatic hydroxyl groups is 12. The summed E-state index contributed by atoms with van der Waals surface area (Å²) in [4.78, 5) is 14.0. The molecule has 7 fully saturated rings. The molecule has 0 radical (unpaired) electrons. The van der Waals surface area contributed by atoms with Crippen LogP contribution in [0.2, 0.25) is 0 Å². The maximum absolute atomic E-state index is 14.0. The third-order valence-electron chi connectivity index (χ3n) is 18.5. The van der Waals surface area contributed by atoms with Crippen LogP contribution in [-0.4, -0.2) is 191 Å². The molecule has 3 heterocycles. The molecule has 12 N–H and O–H groups in total. The molecule has 0 amide bonds. The molecule has 0 aromatic heterocycles. The van der Waals surface area contributed by atoms with Crippen LogP contribution in [0.3, 0.4) is 0 Å². The van der Waals surface area contributed by atoms with E-state index < -0.39 is 134 Å². The van der Waals surface area contributed by atoms with E-state index >= 15 is 0 Å². The third-order valence-corrected chi connectivity index (χ3v) is 18.5. The van der Waals surface area contributed by atoms with Crippen molar-refractivity contribution in [2.45, 2.75) is 209 Å². The van der Waals surface area contributed by atoms with E-state index in [0.717, 1.165) is 24.7 Å². The zero-order valence-corrected chi connectivity index (χ0v) is 38.7. The minimum atomic E-state index is -1.82. The molecule has 0 bridgehead atoms. The van der Waals surface area contributed by atoms with Crippen LogP contribution >= 0.6 is 0 Å². The van der Waals surface area contributed by atoms with Gasteiger partial charge in [0.05, 0.1) is 31.5 Å². The predicted octanol–water partition coefficient (Wildman–Crippen LogP) is -0.820. The number of allylic oxidation sites excluding steroid dienone is 2. The van der Waals surface area contributed by atoms with Gasteiger partial charge in [0.25, 0.3) is 0 Å². The highest BCUT2D eigenvalue weighted by Gasteiger charge is 2.72. The molecule has 0 aromatic carbocycles. The Hall–Kier alpha value is -1.27. The number of carbonyl (C=O) groups excluding carboxylic acids is 1. The van der Waals surface area contributed by atoms with Crippen molar-refractivity contribution in [3.8, 4) is 0 Å². The molecule has 374 valence electrons. The molecule has 3 aliphatic heterocycles. The minimum Gasteiger partial charge on any atom is -0.394 e. The first-order valence-electron chi connectivity index (χ1n) is 23.9. The summed E-state index contributed by atoms with van der Waals surface area (Å²) in [5.41, 5.74) is -2.78. The Morgan fingerprint density at radius 1 is 0.631 bits per heavy atom. The van der Waals surface area contributed by atoms with E-state index in [0.29, 0.717) is 44.9 Å². The van der Waals surface area contributed by atoms with Crippen LogP contribution in [0, 0.1) is 45.3 Å². The highest BCUT2D eigenvalue weighted by Crippen LogP contribution is 2.76. The first kappa shape index (κ1) is 51.6. The second-order valence-corrected chi connectivity index (χ2v) is 22.1. The molecule has 3 saturated heterocycles. The average molecular weight is 931 g/mol. The zero-order valence-electron chi connectivity index (χ0n) is 38.7. The monoisotopic (exact) mass is 931 g/mol. The predicted molar refractivity (Wildman–Crippen MR) is 228 cm³/mol. The van der Waals surface area contributed by atoms with Crippen molar-refractivity contribution in [2.24, 2.45) is 45.3 Å². The SMILES string of the molecule is CC(C)=CCCC(O)(C1CCC2(C)C1CCC1C3(C=O)CCC(OC4OC(CO)C(O)C(O)C4OC4OC(CO)C(O)C(O)C4O)C(C)(C)C3CCC12C)C1OC(CO)C(O)C(O)C1O. The van der Waals surface area contributed by atoms with E-state index in [1.807, 2.05) is 33.8 Å². The minimum absolute atomic E-state index is 0.0499. The van der Waals surface area contributed by atoms with Crippen LogP contribution in [0.15, 0.2) is 11.6 Å². The summed E-state index contributed by atoms with van der Waals surface area (Å²) in [6.07, 6.45) is -14.9. The Kier molecular flexibility index (Phi) is 15.2. The number of aliphatic hydroxyl groups excluding tert-OH is 11. The van der Waals surface area contributed by atoms with Crippen LogP contribution in [0.4, 0.5) is 0 Å². The second kappa shape index (κ2) is 19.1. The van der Waals surface area contributed by atoms with Gasteiger partial charge in [-0.25, -0.2) is 0 Å². The number of hydrogen-bond acceptors (Lipinski definition) is 18. The van der Waals surface area contributed by atoms with Gasteiger partial charge in [0.1, 0.15) is 85.6 Å². The largest absolute Gasteiger partial charge is 0.394 e. The normalized spacial score (nSPS) is 51.8. The molecule has 65 heavy (non-hydrogen) atoms. The highest BCUT2D eigenvalue weighted by atomic mass is 16.8. The van der Waals surface area contributed by atoms with Crippen molar-refractivity contribution >= 4 is 6.29 Å². The molecule has 0 aromatic rings. The lowest BCUT2D eigenvalue weighted by Crippen LogP contribution is -2.69. The molecule has 24 unspecified atom stereocenters. The Morgan fingerprint density at radius 3 is 1.80 bits per heavy atom. The topological polar surface area (TPSA) is 306 Å². The number of aldehydes is 1. The molecule has 18 heteroatoms. The van der Waals surface area contributed by atoms with E-state index in [1.54, 1.807) is 0 Å². The summed E-state index contributed by atoms with van der Waals surface area (Å²) in [5.74, 6) is -0.658. The lowest BCUT2D eigenvalue weighted by atomic mass is 9.35. The fourth-order valence-corrected chi connectivity index (χ4v) is 14.8. The summed E-state index contributed by atoms with van der Waals surface area (Å²) in [7, 11) is 0.